The van der Waals surface area contributed by atoms with Crippen LogP contribution in [-0.2, 0) is 16.5 Å². The maximum Gasteiger partial charge on any atom is 1.00 e. The second-order valence-electron chi connectivity index (χ2n) is 5.46. The van der Waals surface area contributed by atoms with E-state index in [-0.39, 0.29) is 40.2 Å². The van der Waals surface area contributed by atoms with Crippen molar-refractivity contribution in [3.63, 3.8) is 0 Å². The minimum absolute atomic E-state index is 0. The van der Waals surface area contributed by atoms with Crippen LogP contribution in [-0.4, -0.2) is 13.0 Å². The topological polar surface area (TPSA) is 66.4 Å². The van der Waals surface area contributed by atoms with Gasteiger partial charge in [0.05, 0.1) is 4.90 Å². The van der Waals surface area contributed by atoms with Crippen LogP contribution in [0.2, 0.25) is 0 Å². The smallest absolute Gasteiger partial charge is 0.744 e. The average molecular weight is 356 g/mol. The van der Waals surface area contributed by atoms with E-state index in [2.05, 4.69) is 6.92 Å². The number of ether oxygens (including phenoxy) is 1. The van der Waals surface area contributed by atoms with E-state index in [0.717, 1.165) is 12.8 Å². The van der Waals surface area contributed by atoms with Crippen molar-refractivity contribution in [2.75, 3.05) is 0 Å². The zero-order chi connectivity index (χ0) is 16.7. The van der Waals surface area contributed by atoms with Gasteiger partial charge in [-0.3, -0.25) is 0 Å². The zero-order valence-electron chi connectivity index (χ0n) is 14.2. The molecule has 0 unspecified atom stereocenters. The Bertz CT molecular complexity index is 727. The molecule has 0 atom stereocenters. The molecule has 2 aromatic rings. The summed E-state index contributed by atoms with van der Waals surface area (Å²) in [6.45, 7) is 2.19. The SMILES string of the molecule is CCCCCCc1ccc(Oc2ccccc2S(=O)(=O)[O-])cc1.[Na+]. The number of hydrogen-bond acceptors (Lipinski definition) is 4. The Balaban J connectivity index is 0.00000288. The second-order valence-corrected chi connectivity index (χ2v) is 6.81. The Morgan fingerprint density at radius 2 is 1.62 bits per heavy atom. The number of benzene rings is 2. The normalized spacial score (nSPS) is 10.9. The van der Waals surface area contributed by atoms with Gasteiger partial charge in [-0.2, -0.15) is 0 Å². The predicted molar refractivity (Wildman–Crippen MR) is 88.8 cm³/mol. The van der Waals surface area contributed by atoms with E-state index < -0.39 is 10.1 Å². The average Bonchev–Trinajstić information content (AvgIpc) is 2.53. The number of para-hydroxylation sites is 1. The van der Waals surface area contributed by atoms with Crippen LogP contribution in [0.1, 0.15) is 38.2 Å². The van der Waals surface area contributed by atoms with Crippen LogP contribution in [0.3, 0.4) is 0 Å². The fraction of sp³-hybridized carbons (Fsp3) is 0.333. The quantitative estimate of drug-likeness (QED) is 0.409. The van der Waals surface area contributed by atoms with Crippen molar-refractivity contribution in [3.8, 4) is 11.5 Å². The van der Waals surface area contributed by atoms with Crippen molar-refractivity contribution in [3.05, 3.63) is 54.1 Å². The Morgan fingerprint density at radius 1 is 0.958 bits per heavy atom. The van der Waals surface area contributed by atoms with Gasteiger partial charge < -0.3 is 9.29 Å². The monoisotopic (exact) mass is 356 g/mol. The molecule has 0 spiro atoms. The first-order valence-electron chi connectivity index (χ1n) is 7.82. The van der Waals surface area contributed by atoms with E-state index in [9.17, 15) is 13.0 Å². The molecule has 0 heterocycles. The molecule has 0 aromatic heterocycles. The van der Waals surface area contributed by atoms with Crippen molar-refractivity contribution < 1.29 is 47.3 Å². The molecule has 4 nitrogen and oxygen atoms in total. The molecule has 0 aliphatic rings. The van der Waals surface area contributed by atoms with Crippen molar-refractivity contribution in [1.82, 2.24) is 0 Å². The second kappa shape index (κ2) is 10.2. The van der Waals surface area contributed by atoms with Crippen LogP contribution in [0.4, 0.5) is 0 Å². The molecule has 0 saturated carbocycles. The first-order chi connectivity index (χ1) is 11.0. The summed E-state index contributed by atoms with van der Waals surface area (Å²) in [7, 11) is -4.55. The molecule has 0 saturated heterocycles. The molecule has 124 valence electrons. The van der Waals surface area contributed by atoms with Crippen LogP contribution >= 0.6 is 0 Å². The van der Waals surface area contributed by atoms with E-state index >= 15 is 0 Å². The summed E-state index contributed by atoms with van der Waals surface area (Å²) in [5.74, 6) is 0.566. The number of hydrogen-bond donors (Lipinski definition) is 0. The van der Waals surface area contributed by atoms with Gasteiger partial charge in [0.15, 0.2) is 0 Å². The molecular weight excluding hydrogens is 335 g/mol. The van der Waals surface area contributed by atoms with Gasteiger partial charge in [-0.05, 0) is 42.7 Å². The van der Waals surface area contributed by atoms with Crippen LogP contribution in [0, 0.1) is 0 Å². The summed E-state index contributed by atoms with van der Waals surface area (Å²) >= 11 is 0. The van der Waals surface area contributed by atoms with Gasteiger partial charge in [-0.15, -0.1) is 0 Å². The van der Waals surface area contributed by atoms with Gasteiger partial charge in [-0.1, -0.05) is 50.5 Å². The number of rotatable bonds is 8. The van der Waals surface area contributed by atoms with Crippen LogP contribution in [0.15, 0.2) is 53.4 Å². The van der Waals surface area contributed by atoms with Crippen LogP contribution < -0.4 is 34.3 Å². The number of unbranched alkanes of at least 4 members (excludes halogenated alkanes) is 3. The minimum Gasteiger partial charge on any atom is -0.744 e. The van der Waals surface area contributed by atoms with Gasteiger partial charge in [0.25, 0.3) is 0 Å². The number of aryl methyl sites for hydroxylation is 1. The molecule has 2 rings (SSSR count). The minimum atomic E-state index is -4.55. The summed E-state index contributed by atoms with van der Waals surface area (Å²) in [6, 6.07) is 13.4. The Labute approximate surface area is 166 Å². The fourth-order valence-electron chi connectivity index (χ4n) is 2.35. The standard InChI is InChI=1S/C18H22O4S.Na/c1-2-3-4-5-8-15-11-13-16(14-12-15)22-17-9-6-7-10-18(17)23(19,20)21;/h6-7,9-14H,2-5,8H2,1H3,(H,19,20,21);/q;+1/p-1. The molecule has 0 aliphatic carbocycles. The first-order valence-corrected chi connectivity index (χ1v) is 9.23. The van der Waals surface area contributed by atoms with Gasteiger partial charge >= 0.3 is 29.6 Å². The van der Waals surface area contributed by atoms with Gasteiger partial charge in [0.2, 0.25) is 0 Å². The van der Waals surface area contributed by atoms with E-state index in [0.29, 0.717) is 5.75 Å². The predicted octanol–water partition coefficient (Wildman–Crippen LogP) is 1.51. The molecule has 0 N–H and O–H groups in total. The third kappa shape index (κ3) is 6.57. The third-order valence-electron chi connectivity index (χ3n) is 3.59. The Morgan fingerprint density at radius 3 is 2.25 bits per heavy atom. The summed E-state index contributed by atoms with van der Waals surface area (Å²) in [5.41, 5.74) is 1.22. The maximum atomic E-state index is 11.2. The Kier molecular flexibility index (Phi) is 9.02. The third-order valence-corrected chi connectivity index (χ3v) is 4.46. The molecular formula is C18H21NaO4S. The molecule has 0 amide bonds. The summed E-state index contributed by atoms with van der Waals surface area (Å²) in [4.78, 5) is -0.344. The van der Waals surface area contributed by atoms with E-state index in [1.54, 1.807) is 18.2 Å². The van der Waals surface area contributed by atoms with E-state index in [1.807, 2.05) is 12.1 Å². The van der Waals surface area contributed by atoms with Crippen molar-refractivity contribution in [2.24, 2.45) is 0 Å². The zero-order valence-corrected chi connectivity index (χ0v) is 17.0. The molecule has 6 heteroatoms. The fourth-order valence-corrected chi connectivity index (χ4v) is 2.95. The molecule has 24 heavy (non-hydrogen) atoms. The van der Waals surface area contributed by atoms with Crippen molar-refractivity contribution in [2.45, 2.75) is 43.9 Å². The van der Waals surface area contributed by atoms with Crippen molar-refractivity contribution in [1.29, 1.82) is 0 Å². The first kappa shape index (κ1) is 21.2. The van der Waals surface area contributed by atoms with E-state index in [1.165, 1.54) is 43.0 Å². The largest absolute Gasteiger partial charge is 1.00 e. The molecule has 0 bridgehead atoms. The summed E-state index contributed by atoms with van der Waals surface area (Å²) in [6.07, 6.45) is 5.87. The van der Waals surface area contributed by atoms with Crippen molar-refractivity contribution >= 4 is 10.1 Å². The van der Waals surface area contributed by atoms with Gasteiger partial charge in [-0.25, -0.2) is 8.42 Å². The Hall–Kier alpha value is -0.850. The summed E-state index contributed by atoms with van der Waals surface area (Å²) < 4.78 is 39.3. The van der Waals surface area contributed by atoms with Gasteiger partial charge in [0.1, 0.15) is 21.6 Å². The van der Waals surface area contributed by atoms with Crippen LogP contribution in [0.5, 0.6) is 11.5 Å². The van der Waals surface area contributed by atoms with Gasteiger partial charge in [0, 0.05) is 0 Å². The van der Waals surface area contributed by atoms with E-state index in [4.69, 9.17) is 4.74 Å². The maximum absolute atomic E-state index is 11.2. The molecule has 0 radical (unpaired) electrons. The molecule has 0 fully saturated rings. The summed E-state index contributed by atoms with van der Waals surface area (Å²) in [5, 5.41) is 0. The molecule has 2 aromatic carbocycles. The molecule has 0 aliphatic heterocycles. The van der Waals surface area contributed by atoms with Crippen LogP contribution in [0.25, 0.3) is 0 Å².